The first-order valence-corrected chi connectivity index (χ1v) is 38.2. The first-order valence-electron chi connectivity index (χ1n) is 37.4. The molecule has 18 heteroatoms. The fraction of sp³-hybridized carbons (Fsp3) is 0.398. The third-order valence-electron chi connectivity index (χ3n) is 19.6. The van der Waals surface area contributed by atoms with Gasteiger partial charge in [0.15, 0.2) is 0 Å². The molecule has 1 saturated heterocycles. The molecule has 564 valence electrons. The van der Waals surface area contributed by atoms with E-state index >= 15 is 0 Å². The van der Waals surface area contributed by atoms with Crippen LogP contribution in [0.5, 0.6) is 5.75 Å². The summed E-state index contributed by atoms with van der Waals surface area (Å²) < 4.78 is 46.2. The highest BCUT2D eigenvalue weighted by atomic mass is 35.5. The van der Waals surface area contributed by atoms with Crippen molar-refractivity contribution in [2.24, 2.45) is 5.92 Å². The number of aliphatic hydroxyl groups excluding tert-OH is 3. The highest BCUT2D eigenvalue weighted by molar-refractivity contribution is 6.39. The van der Waals surface area contributed by atoms with Crippen molar-refractivity contribution in [2.75, 3.05) is 73.1 Å². The van der Waals surface area contributed by atoms with E-state index < -0.39 is 53.6 Å². The number of nitrogens with one attached hydrogen (secondary N) is 2. The molecule has 6 atom stereocenters. The third-order valence-corrected chi connectivity index (χ3v) is 20.1. The van der Waals surface area contributed by atoms with Crippen LogP contribution >= 0.6 is 23.2 Å². The maximum atomic E-state index is 13.8. The van der Waals surface area contributed by atoms with Crippen LogP contribution < -0.4 is 15.4 Å². The van der Waals surface area contributed by atoms with E-state index in [1.54, 1.807) is 24.4 Å². The molecule has 13 nitrogen and oxygen atoms in total. The summed E-state index contributed by atoms with van der Waals surface area (Å²) in [5, 5.41) is 42.4. The van der Waals surface area contributed by atoms with Crippen molar-refractivity contribution >= 4 is 67.7 Å². The van der Waals surface area contributed by atoms with Crippen LogP contribution in [-0.4, -0.2) is 149 Å². The summed E-state index contributed by atoms with van der Waals surface area (Å²) in [5.41, 5.74) is 9.88. The van der Waals surface area contributed by atoms with Gasteiger partial charge in [0, 0.05) is 91.5 Å². The van der Waals surface area contributed by atoms with E-state index in [2.05, 4.69) is 155 Å². The number of likely N-dealkylation sites (N-methyl/N-ethyl adjacent to an activating group) is 1. The highest BCUT2D eigenvalue weighted by Gasteiger charge is 2.38. The van der Waals surface area contributed by atoms with Crippen molar-refractivity contribution in [3.8, 4) is 5.75 Å². The lowest BCUT2D eigenvalue weighted by molar-refractivity contribution is -0.137. The van der Waals surface area contributed by atoms with Gasteiger partial charge >= 0.3 is 6.18 Å². The van der Waals surface area contributed by atoms with E-state index in [1.165, 1.54) is 33.9 Å². The average Bonchev–Trinajstić information content (AvgIpc) is 0.929. The first kappa shape index (κ1) is 82.1. The van der Waals surface area contributed by atoms with Gasteiger partial charge in [0.2, 0.25) is 11.8 Å². The number of carbonyl (C=O) groups is 2. The Kier molecular flexibility index (Phi) is 30.8. The first-order chi connectivity index (χ1) is 50.9. The minimum absolute atomic E-state index is 0.0712. The van der Waals surface area contributed by atoms with E-state index in [1.807, 2.05) is 93.7 Å². The zero-order valence-electron chi connectivity index (χ0n) is 62.6. The van der Waals surface area contributed by atoms with Crippen LogP contribution in [0.4, 0.5) is 13.2 Å². The molecule has 0 radical (unpaired) electrons. The number of hydrogen-bond acceptors (Lipinski definition) is 11. The predicted octanol–water partition coefficient (Wildman–Crippen LogP) is 17.5. The number of benzene rings is 8. The van der Waals surface area contributed by atoms with Gasteiger partial charge in [-0.05, 0) is 207 Å². The number of fused-ring (bicyclic) bond motifs is 4. The maximum Gasteiger partial charge on any atom is 0.416 e. The Bertz CT molecular complexity index is 4260. The second kappa shape index (κ2) is 39.7. The summed E-state index contributed by atoms with van der Waals surface area (Å²) >= 11 is 12.6. The quantitative estimate of drug-likeness (QED) is 0.0225. The summed E-state index contributed by atoms with van der Waals surface area (Å²) in [5.74, 6) is 0.131. The van der Waals surface area contributed by atoms with Crippen LogP contribution in [0.1, 0.15) is 149 Å². The van der Waals surface area contributed by atoms with E-state index in [-0.39, 0.29) is 24.8 Å². The molecule has 0 saturated carbocycles. The largest absolute Gasteiger partial charge is 0.492 e. The Hall–Kier alpha value is -8.00. The Morgan fingerprint density at radius 1 is 0.698 bits per heavy atom. The molecule has 1 aliphatic carbocycles. The molecule has 1 aromatic heterocycles. The van der Waals surface area contributed by atoms with Crippen LogP contribution in [0.15, 0.2) is 200 Å². The van der Waals surface area contributed by atoms with Crippen LogP contribution in [0.2, 0.25) is 10.0 Å². The van der Waals surface area contributed by atoms with Gasteiger partial charge in [-0.3, -0.25) is 24.4 Å². The smallest absolute Gasteiger partial charge is 0.416 e. The second-order valence-electron chi connectivity index (χ2n) is 29.3. The van der Waals surface area contributed by atoms with Crippen molar-refractivity contribution < 1.29 is 42.8 Å². The van der Waals surface area contributed by atoms with E-state index in [4.69, 9.17) is 27.9 Å². The SMILES string of the molecule is CC(C)(C)NC(=O)[C@@H]1CN(Cc2cccnc2)CCN1C[C@@H](O)C[C@@H](Cc1ccccc1)C(=O)N[C@H]1c2ccccc2C[C@H]1O.CC/C(=C(\c1ccccc1)c1ccc(OCCN(C)C)cc1)c1ccccc1.CCCCN(CCCC)CCC(O)c1cc2c(Cl)cc(Cl)cc2c2cc(C(F)(F)F)ccc12. The number of amides is 2. The lowest BCUT2D eigenvalue weighted by atomic mass is 9.88. The number of unbranched alkanes of at least 4 members (excludes halogenated alkanes) is 2. The Balaban J connectivity index is 0.000000190. The van der Waals surface area contributed by atoms with Crippen LogP contribution in [0.25, 0.3) is 32.7 Å². The summed E-state index contributed by atoms with van der Waals surface area (Å²) in [7, 11) is 4.11. The molecule has 9 aromatic rings. The number of piperazine rings is 1. The average molecular weight is 1490 g/mol. The predicted molar refractivity (Wildman–Crippen MR) is 426 cm³/mol. The molecular formula is C88H106Cl2F3N7O6. The number of aromatic nitrogens is 1. The topological polar surface area (TPSA) is 154 Å². The molecule has 0 bridgehead atoms. The van der Waals surface area contributed by atoms with Crippen molar-refractivity contribution in [3.63, 3.8) is 0 Å². The molecule has 0 spiro atoms. The van der Waals surface area contributed by atoms with Crippen LogP contribution in [0.3, 0.4) is 0 Å². The van der Waals surface area contributed by atoms with Gasteiger partial charge in [0.1, 0.15) is 18.4 Å². The van der Waals surface area contributed by atoms with E-state index in [0.29, 0.717) is 82.7 Å². The summed E-state index contributed by atoms with van der Waals surface area (Å²) in [6.45, 7) is 19.5. The second-order valence-corrected chi connectivity index (χ2v) is 30.1. The van der Waals surface area contributed by atoms with Crippen LogP contribution in [0, 0.1) is 5.92 Å². The fourth-order valence-corrected chi connectivity index (χ4v) is 14.7. The minimum Gasteiger partial charge on any atom is -0.492 e. The number of ether oxygens (including phenoxy) is 1. The molecule has 11 rings (SSSR count). The fourth-order valence-electron chi connectivity index (χ4n) is 14.1. The molecule has 106 heavy (non-hydrogen) atoms. The normalized spacial score (nSPS) is 16.6. The number of pyridine rings is 1. The van der Waals surface area contributed by atoms with Crippen LogP contribution in [-0.2, 0) is 35.2 Å². The summed E-state index contributed by atoms with van der Waals surface area (Å²) in [6.07, 6.45) is 3.80. The molecule has 2 amide bonds. The van der Waals surface area contributed by atoms with Crippen molar-refractivity contribution in [1.82, 2.24) is 35.2 Å². The third kappa shape index (κ3) is 23.7. The van der Waals surface area contributed by atoms with Gasteiger partial charge in [-0.1, -0.05) is 196 Å². The number of rotatable bonds is 29. The molecule has 2 heterocycles. The van der Waals surface area contributed by atoms with Gasteiger partial charge in [-0.2, -0.15) is 13.2 Å². The van der Waals surface area contributed by atoms with Gasteiger partial charge in [-0.15, -0.1) is 0 Å². The lowest BCUT2D eigenvalue weighted by Gasteiger charge is -2.42. The van der Waals surface area contributed by atoms with E-state index in [0.717, 1.165) is 105 Å². The standard InChI is InChI=1S/C36H47N5O4.C26H30Cl2F3NO.C26H29NO/c1-36(2,3)39-35(45)31-24-40(22-26-12-9-15-37-21-26)16-17-41(31)23-29(42)19-28(18-25-10-5-4-6-11-25)34(44)38-33-30-14-8-7-13-27(30)20-32(33)43;1-3-5-10-32(11-6-4-2)12-9-25(33)23-16-22-21(14-18(27)15-24(22)28)20-13-17(26(29,30)31)7-8-19(20)23;1-4-25(21-11-7-5-8-12-21)26(22-13-9-6-10-14-22)23-15-17-24(18-16-23)28-20-19-27(2)3/h4-15,21,28-29,31-33,42-43H,16-20,22-24H2,1-3H3,(H,38,44)(H,39,45);7-8,13-16,25,33H,3-6,9-12H2,1-2H3;5-18H,4,19-20H2,1-3H3/b;;26-25-/t28-,29+,31+,32-,33+;;/m1../s1. The molecular weight excluding hydrogens is 1380 g/mol. The van der Waals surface area contributed by atoms with Gasteiger partial charge in [0.25, 0.3) is 0 Å². The molecule has 1 fully saturated rings. The summed E-state index contributed by atoms with van der Waals surface area (Å²) in [6, 6.07) is 59.0. The van der Waals surface area contributed by atoms with Gasteiger partial charge in [-0.25, -0.2) is 0 Å². The number of halogens is 5. The van der Waals surface area contributed by atoms with Crippen molar-refractivity contribution in [2.45, 2.75) is 148 Å². The Labute approximate surface area is 635 Å². The molecule has 1 unspecified atom stereocenters. The maximum absolute atomic E-state index is 13.8. The molecule has 1 aliphatic heterocycles. The number of allylic oxidation sites excluding steroid dienone is 1. The van der Waals surface area contributed by atoms with Gasteiger partial charge in [0.05, 0.1) is 29.9 Å². The Morgan fingerprint density at radius 2 is 1.33 bits per heavy atom. The minimum atomic E-state index is -4.48. The number of hydrogen-bond donors (Lipinski definition) is 5. The number of nitrogens with zero attached hydrogens (tertiary/aromatic N) is 5. The lowest BCUT2D eigenvalue weighted by Crippen LogP contribution is -2.61. The Morgan fingerprint density at radius 3 is 1.96 bits per heavy atom. The number of aliphatic hydroxyl groups is 3. The zero-order chi connectivity index (χ0) is 75.9. The zero-order valence-corrected chi connectivity index (χ0v) is 64.2. The highest BCUT2D eigenvalue weighted by Crippen LogP contribution is 2.42. The number of β-amino-alcohol motifs (C(OH)–C–C–N with tert-alkyl or cyclic N) is 1. The molecule has 2 aliphatic rings. The van der Waals surface area contributed by atoms with Crippen molar-refractivity contribution in [1.29, 1.82) is 0 Å². The number of carbonyl (C=O) groups excluding carboxylic acids is 2. The van der Waals surface area contributed by atoms with Crippen molar-refractivity contribution in [3.05, 3.63) is 261 Å². The monoisotopic (exact) mass is 1480 g/mol. The molecule has 5 N–H and O–H groups in total. The molecule has 8 aromatic carbocycles. The number of alkyl halides is 3. The van der Waals surface area contributed by atoms with E-state index in [9.17, 15) is 38.1 Å². The van der Waals surface area contributed by atoms with Gasteiger partial charge < -0.3 is 40.5 Å². The summed E-state index contributed by atoms with van der Waals surface area (Å²) in [4.78, 5) is 40.4.